The zero-order valence-corrected chi connectivity index (χ0v) is 25.4. The van der Waals surface area contributed by atoms with Crippen molar-refractivity contribution in [3.8, 4) is 5.75 Å². The van der Waals surface area contributed by atoms with Crippen LogP contribution >= 0.6 is 0 Å². The van der Waals surface area contributed by atoms with E-state index in [-0.39, 0.29) is 17.1 Å². The lowest BCUT2D eigenvalue weighted by Gasteiger charge is -2.23. The van der Waals surface area contributed by atoms with Gasteiger partial charge in [-0.1, -0.05) is 90.1 Å². The molecule has 0 saturated heterocycles. The summed E-state index contributed by atoms with van der Waals surface area (Å²) in [6, 6.07) is 21.5. The third-order valence-electron chi connectivity index (χ3n) is 6.97. The van der Waals surface area contributed by atoms with Crippen LogP contribution in [0, 0.1) is 0 Å². The first-order valence-electron chi connectivity index (χ1n) is 14.6. The van der Waals surface area contributed by atoms with Gasteiger partial charge in [0.05, 0.1) is 5.75 Å². The van der Waals surface area contributed by atoms with E-state index in [1.165, 1.54) is 25.7 Å². The average Bonchev–Trinajstić information content (AvgIpc) is 2.92. The Kier molecular flexibility index (Phi) is 12.3. The van der Waals surface area contributed by atoms with Gasteiger partial charge in [0.1, 0.15) is 5.75 Å². The van der Waals surface area contributed by atoms with E-state index in [0.717, 1.165) is 41.0 Å². The summed E-state index contributed by atoms with van der Waals surface area (Å²) in [6.45, 7) is 8.39. The predicted octanol–water partition coefficient (Wildman–Crippen LogP) is 8.61. The first-order valence-corrected chi connectivity index (χ1v) is 16.1. The molecule has 40 heavy (non-hydrogen) atoms. The fraction of sp³-hybridized carbons (Fsp3) is 0.441. The second-order valence-corrected chi connectivity index (χ2v) is 13.2. The molecule has 1 atom stereocenters. The molecule has 5 nitrogen and oxygen atoms in total. The third-order valence-corrected chi connectivity index (χ3v) is 8.35. The van der Waals surface area contributed by atoms with E-state index in [1.54, 1.807) is 0 Å². The number of hydrogen-bond donors (Lipinski definition) is 3. The molecule has 0 spiro atoms. The number of amides is 1. The van der Waals surface area contributed by atoms with Gasteiger partial charge in [-0.2, -0.15) is 0 Å². The van der Waals surface area contributed by atoms with Gasteiger partial charge in [0.15, 0.2) is 0 Å². The highest BCUT2D eigenvalue weighted by molar-refractivity contribution is 7.84. The quantitative estimate of drug-likeness (QED) is 0.162. The molecule has 0 radical (unpaired) electrons. The Bertz CT molecular complexity index is 1230. The summed E-state index contributed by atoms with van der Waals surface area (Å²) in [7, 11) is -1.03. The summed E-state index contributed by atoms with van der Waals surface area (Å²) in [4.78, 5) is 12.8. The average molecular weight is 563 g/mol. The summed E-state index contributed by atoms with van der Waals surface area (Å²) in [5.74, 6) is 1.17. The number of phenolic OH excluding ortho intramolecular Hbond substituents is 1. The van der Waals surface area contributed by atoms with E-state index >= 15 is 0 Å². The van der Waals surface area contributed by atoms with Crippen molar-refractivity contribution < 1.29 is 14.1 Å². The Hall–Kier alpha value is -3.12. The molecule has 3 aromatic carbocycles. The molecule has 0 fully saturated rings. The smallest absolute Gasteiger partial charge is 0.224 e. The maximum absolute atomic E-state index is 12.9. The van der Waals surface area contributed by atoms with Crippen LogP contribution in [0.3, 0.4) is 0 Å². The summed E-state index contributed by atoms with van der Waals surface area (Å²) < 4.78 is 12.9. The second kappa shape index (κ2) is 15.6. The number of unbranched alkanes of at least 4 members (excludes halogenated alkanes) is 5. The Labute approximate surface area is 243 Å². The van der Waals surface area contributed by atoms with Crippen LogP contribution in [0.1, 0.15) is 89.3 Å². The topological polar surface area (TPSA) is 78.4 Å². The van der Waals surface area contributed by atoms with Crippen LogP contribution in [0.15, 0.2) is 66.7 Å². The van der Waals surface area contributed by atoms with E-state index in [4.69, 9.17) is 0 Å². The molecule has 0 aliphatic carbocycles. The molecule has 0 aliphatic rings. The minimum atomic E-state index is -1.03. The second-order valence-electron chi connectivity index (χ2n) is 11.6. The number of benzene rings is 3. The molecule has 1 unspecified atom stereocenters. The van der Waals surface area contributed by atoms with Gasteiger partial charge in [0.25, 0.3) is 0 Å². The number of rotatable bonds is 15. The standard InChI is InChI=1S/C34H46N2O3S/c1-5-6-7-8-9-13-22-40(39)25-27-23-26(24-31(33(27)38)34(2,3)4)16-21-32(37)36-30-19-17-29(18-20-30)35-28-14-11-10-12-15-28/h10-12,14-15,17-20,23-24,35,38H,5-9,13,16,21-22,25H2,1-4H3,(H,36,37). The fourth-order valence-electron chi connectivity index (χ4n) is 4.68. The highest BCUT2D eigenvalue weighted by Crippen LogP contribution is 2.35. The van der Waals surface area contributed by atoms with E-state index < -0.39 is 10.8 Å². The highest BCUT2D eigenvalue weighted by atomic mass is 32.2. The highest BCUT2D eigenvalue weighted by Gasteiger charge is 2.22. The van der Waals surface area contributed by atoms with Crippen LogP contribution in [0.25, 0.3) is 0 Å². The number of carbonyl (C=O) groups is 1. The number of nitrogens with one attached hydrogen (secondary N) is 2. The lowest BCUT2D eigenvalue weighted by Crippen LogP contribution is -2.15. The van der Waals surface area contributed by atoms with Gasteiger partial charge in [0.2, 0.25) is 5.91 Å². The summed E-state index contributed by atoms with van der Waals surface area (Å²) in [5, 5.41) is 17.4. The van der Waals surface area contributed by atoms with Gasteiger partial charge >= 0.3 is 0 Å². The lowest BCUT2D eigenvalue weighted by molar-refractivity contribution is -0.116. The summed E-state index contributed by atoms with van der Waals surface area (Å²) >= 11 is 0. The number of para-hydroxylation sites is 1. The number of hydrogen-bond acceptors (Lipinski definition) is 4. The van der Waals surface area contributed by atoms with E-state index in [1.807, 2.05) is 66.7 Å². The first-order chi connectivity index (χ1) is 19.2. The fourth-order valence-corrected chi connectivity index (χ4v) is 5.92. The number of anilines is 3. The molecule has 216 valence electrons. The van der Waals surface area contributed by atoms with E-state index in [9.17, 15) is 14.1 Å². The van der Waals surface area contributed by atoms with Crippen molar-refractivity contribution in [2.75, 3.05) is 16.4 Å². The molecule has 0 aromatic heterocycles. The first kappa shape index (κ1) is 31.4. The Balaban J connectivity index is 1.58. The number of phenols is 1. The third kappa shape index (κ3) is 10.5. The Morgan fingerprint density at radius 1 is 0.850 bits per heavy atom. The predicted molar refractivity (Wildman–Crippen MR) is 170 cm³/mol. The van der Waals surface area contributed by atoms with Gasteiger partial charge in [0, 0.05) is 45.6 Å². The molecular weight excluding hydrogens is 516 g/mol. The summed E-state index contributed by atoms with van der Waals surface area (Å²) in [5.41, 5.74) is 4.96. The number of carbonyl (C=O) groups excluding carboxylic acids is 1. The van der Waals surface area contributed by atoms with Crippen molar-refractivity contribution in [1.82, 2.24) is 0 Å². The van der Waals surface area contributed by atoms with Gasteiger partial charge in [-0.25, -0.2) is 0 Å². The molecule has 3 aromatic rings. The maximum atomic E-state index is 12.9. The minimum absolute atomic E-state index is 0.0673. The molecular formula is C34H46N2O3S. The van der Waals surface area contributed by atoms with E-state index in [2.05, 4.69) is 38.3 Å². The van der Waals surface area contributed by atoms with Crippen molar-refractivity contribution >= 4 is 33.8 Å². The van der Waals surface area contributed by atoms with Crippen molar-refractivity contribution in [1.29, 1.82) is 0 Å². The van der Waals surface area contributed by atoms with Crippen LogP contribution in [0.5, 0.6) is 5.75 Å². The largest absolute Gasteiger partial charge is 0.507 e. The van der Waals surface area contributed by atoms with Crippen molar-refractivity contribution in [3.05, 3.63) is 83.4 Å². The zero-order valence-electron chi connectivity index (χ0n) is 24.6. The van der Waals surface area contributed by atoms with Gasteiger partial charge in [-0.05, 0) is 65.8 Å². The number of aryl methyl sites for hydroxylation is 1. The van der Waals surface area contributed by atoms with E-state index in [0.29, 0.717) is 29.9 Å². The SMILES string of the molecule is CCCCCCCCS(=O)Cc1cc(CCC(=O)Nc2ccc(Nc3ccccc3)cc2)cc(C(C)(C)C)c1O. The zero-order chi connectivity index (χ0) is 29.0. The van der Waals surface area contributed by atoms with Crippen LogP contribution in [-0.2, 0) is 33.2 Å². The monoisotopic (exact) mass is 562 g/mol. The molecule has 3 N–H and O–H groups in total. The van der Waals surface area contributed by atoms with Crippen LogP contribution in [0.4, 0.5) is 17.1 Å². The lowest BCUT2D eigenvalue weighted by atomic mass is 9.83. The molecule has 3 rings (SSSR count). The molecule has 6 heteroatoms. The van der Waals surface area contributed by atoms with Crippen molar-refractivity contribution in [2.45, 2.75) is 90.2 Å². The minimum Gasteiger partial charge on any atom is -0.507 e. The maximum Gasteiger partial charge on any atom is 0.224 e. The van der Waals surface area contributed by atoms with Gasteiger partial charge in [-0.15, -0.1) is 0 Å². The van der Waals surface area contributed by atoms with Crippen LogP contribution < -0.4 is 10.6 Å². The normalized spacial score (nSPS) is 12.2. The molecule has 1 amide bonds. The van der Waals surface area contributed by atoms with Crippen molar-refractivity contribution in [3.63, 3.8) is 0 Å². The molecule has 0 aliphatic heterocycles. The van der Waals surface area contributed by atoms with Gasteiger partial charge < -0.3 is 15.7 Å². The van der Waals surface area contributed by atoms with Crippen LogP contribution in [-0.4, -0.2) is 21.0 Å². The van der Waals surface area contributed by atoms with Crippen molar-refractivity contribution in [2.24, 2.45) is 0 Å². The molecule has 0 saturated carbocycles. The molecule has 0 bridgehead atoms. The molecule has 0 heterocycles. The number of aromatic hydroxyl groups is 1. The van der Waals surface area contributed by atoms with Gasteiger partial charge in [-0.3, -0.25) is 9.00 Å². The summed E-state index contributed by atoms with van der Waals surface area (Å²) in [6.07, 6.45) is 7.83. The Morgan fingerprint density at radius 2 is 1.48 bits per heavy atom. The Morgan fingerprint density at radius 3 is 2.15 bits per heavy atom. The van der Waals surface area contributed by atoms with Crippen LogP contribution in [0.2, 0.25) is 0 Å².